The number of methoxy groups -OCH3 is 1. The SMILES string of the molecule is CCCc1c(C(=O)Nc2cc(-n3nnnc3C)ccc2F)[nH]c(C)c1C(=O)OC. The predicted molar refractivity (Wildman–Crippen MR) is 103 cm³/mol. The summed E-state index contributed by atoms with van der Waals surface area (Å²) >= 11 is 0. The van der Waals surface area contributed by atoms with Gasteiger partial charge in [0.1, 0.15) is 11.5 Å². The number of esters is 1. The van der Waals surface area contributed by atoms with Crippen LogP contribution in [0.15, 0.2) is 18.2 Å². The van der Waals surface area contributed by atoms with Crippen LogP contribution in [0.4, 0.5) is 10.1 Å². The minimum atomic E-state index is -0.610. The van der Waals surface area contributed by atoms with Gasteiger partial charge in [0.15, 0.2) is 5.82 Å². The smallest absolute Gasteiger partial charge is 0.339 e. The molecule has 3 rings (SSSR count). The highest BCUT2D eigenvalue weighted by Gasteiger charge is 2.25. The molecule has 2 heterocycles. The van der Waals surface area contributed by atoms with Crippen molar-refractivity contribution >= 4 is 17.6 Å². The summed E-state index contributed by atoms with van der Waals surface area (Å²) in [6.45, 7) is 5.32. The van der Waals surface area contributed by atoms with Gasteiger partial charge < -0.3 is 15.0 Å². The molecular formula is C19H21FN6O3. The van der Waals surface area contributed by atoms with Crippen LogP contribution in [-0.4, -0.2) is 44.2 Å². The molecule has 0 saturated heterocycles. The second kappa shape index (κ2) is 8.21. The number of nitrogens with zero attached hydrogens (tertiary/aromatic N) is 4. The number of carbonyl (C=O) groups is 2. The lowest BCUT2D eigenvalue weighted by atomic mass is 10.0. The number of hydrogen-bond acceptors (Lipinski definition) is 6. The summed E-state index contributed by atoms with van der Waals surface area (Å²) in [5, 5.41) is 13.8. The number of amides is 1. The Bertz CT molecular complexity index is 1070. The number of H-pyrrole nitrogens is 1. The van der Waals surface area contributed by atoms with Gasteiger partial charge in [-0.15, -0.1) is 5.10 Å². The molecule has 0 spiro atoms. The fourth-order valence-electron chi connectivity index (χ4n) is 3.14. The quantitative estimate of drug-likeness (QED) is 0.615. The molecule has 0 fully saturated rings. The molecule has 0 aliphatic carbocycles. The molecule has 0 radical (unpaired) electrons. The highest BCUT2D eigenvalue weighted by Crippen LogP contribution is 2.24. The van der Waals surface area contributed by atoms with E-state index in [0.29, 0.717) is 41.2 Å². The first kappa shape index (κ1) is 20.2. The lowest BCUT2D eigenvalue weighted by Crippen LogP contribution is -2.16. The molecule has 0 atom stereocenters. The van der Waals surface area contributed by atoms with Crippen LogP contribution in [0, 0.1) is 19.7 Å². The summed E-state index contributed by atoms with van der Waals surface area (Å²) < 4.78 is 20.6. The Labute approximate surface area is 166 Å². The topological polar surface area (TPSA) is 115 Å². The standard InChI is InChI=1S/C19H21FN6O3/c1-5-6-13-16(19(28)29-4)10(2)21-17(13)18(27)22-15-9-12(7-8-14(15)20)26-11(3)23-24-25-26/h7-9,21H,5-6H2,1-4H3,(H,22,27). The number of aromatic amines is 1. The van der Waals surface area contributed by atoms with Crippen LogP contribution in [0.3, 0.4) is 0 Å². The largest absolute Gasteiger partial charge is 0.465 e. The first-order valence-electron chi connectivity index (χ1n) is 9.03. The summed E-state index contributed by atoms with van der Waals surface area (Å²) in [6, 6.07) is 4.16. The lowest BCUT2D eigenvalue weighted by molar-refractivity contribution is 0.0599. The number of rotatable bonds is 6. The minimum absolute atomic E-state index is 0.0308. The number of carbonyl (C=O) groups excluding carboxylic acids is 2. The third-order valence-corrected chi connectivity index (χ3v) is 4.48. The van der Waals surface area contributed by atoms with E-state index < -0.39 is 17.7 Å². The van der Waals surface area contributed by atoms with Crippen molar-refractivity contribution in [3.05, 3.63) is 52.4 Å². The maximum absolute atomic E-state index is 14.3. The third kappa shape index (κ3) is 3.86. The third-order valence-electron chi connectivity index (χ3n) is 4.48. The zero-order valence-electron chi connectivity index (χ0n) is 16.5. The average molecular weight is 400 g/mol. The average Bonchev–Trinajstić information content (AvgIpc) is 3.26. The zero-order valence-corrected chi connectivity index (χ0v) is 16.5. The molecule has 9 nitrogen and oxygen atoms in total. The predicted octanol–water partition coefficient (Wildman–Crippen LogP) is 2.74. The maximum atomic E-state index is 14.3. The van der Waals surface area contributed by atoms with E-state index in [4.69, 9.17) is 4.74 Å². The van der Waals surface area contributed by atoms with Crippen molar-refractivity contribution in [3.8, 4) is 5.69 Å². The molecule has 2 N–H and O–H groups in total. The lowest BCUT2D eigenvalue weighted by Gasteiger charge is -2.10. The molecule has 3 aromatic rings. The second-order valence-corrected chi connectivity index (χ2v) is 6.48. The molecular weight excluding hydrogens is 379 g/mol. The molecule has 0 unspecified atom stereocenters. The number of halogens is 1. The van der Waals surface area contributed by atoms with Gasteiger partial charge in [-0.05, 0) is 54.5 Å². The van der Waals surface area contributed by atoms with E-state index in [2.05, 4.69) is 25.8 Å². The Morgan fingerprint density at radius 2 is 2.07 bits per heavy atom. The van der Waals surface area contributed by atoms with Crippen LogP contribution in [0.1, 0.15) is 51.3 Å². The maximum Gasteiger partial charge on any atom is 0.339 e. The van der Waals surface area contributed by atoms with Crippen LogP contribution in [0.25, 0.3) is 5.69 Å². The molecule has 0 aliphatic heterocycles. The summed E-state index contributed by atoms with van der Waals surface area (Å²) in [5.41, 5.74) is 2.06. The fraction of sp³-hybridized carbons (Fsp3) is 0.316. The van der Waals surface area contributed by atoms with E-state index in [1.807, 2.05) is 6.92 Å². The van der Waals surface area contributed by atoms with Gasteiger partial charge in [-0.3, -0.25) is 4.79 Å². The van der Waals surface area contributed by atoms with Crippen molar-refractivity contribution in [3.63, 3.8) is 0 Å². The number of aryl methyl sites for hydroxylation is 2. The van der Waals surface area contributed by atoms with Gasteiger partial charge in [0, 0.05) is 5.69 Å². The van der Waals surface area contributed by atoms with Crippen molar-refractivity contribution in [2.75, 3.05) is 12.4 Å². The number of nitrogens with one attached hydrogen (secondary N) is 2. The molecule has 152 valence electrons. The monoisotopic (exact) mass is 400 g/mol. The molecule has 10 heteroatoms. The zero-order chi connectivity index (χ0) is 21.1. The molecule has 1 amide bonds. The molecule has 2 aromatic heterocycles. The highest BCUT2D eigenvalue weighted by molar-refractivity contribution is 6.07. The Balaban J connectivity index is 1.97. The van der Waals surface area contributed by atoms with Crippen LogP contribution >= 0.6 is 0 Å². The Kier molecular flexibility index (Phi) is 5.71. The van der Waals surface area contributed by atoms with E-state index in [-0.39, 0.29) is 11.4 Å². The molecule has 29 heavy (non-hydrogen) atoms. The number of tetrazole rings is 1. The van der Waals surface area contributed by atoms with Gasteiger partial charge in [-0.2, -0.15) is 4.68 Å². The highest BCUT2D eigenvalue weighted by atomic mass is 19.1. The van der Waals surface area contributed by atoms with Crippen LogP contribution < -0.4 is 5.32 Å². The summed E-state index contributed by atoms with van der Waals surface area (Å²) in [7, 11) is 1.28. The second-order valence-electron chi connectivity index (χ2n) is 6.48. The number of anilines is 1. The van der Waals surface area contributed by atoms with E-state index in [0.717, 1.165) is 0 Å². The van der Waals surface area contributed by atoms with Crippen LogP contribution in [0.5, 0.6) is 0 Å². The van der Waals surface area contributed by atoms with Crippen LogP contribution in [0.2, 0.25) is 0 Å². The molecule has 0 aliphatic rings. The number of benzene rings is 1. The van der Waals surface area contributed by atoms with Crippen molar-refractivity contribution in [2.45, 2.75) is 33.6 Å². The van der Waals surface area contributed by atoms with Crippen molar-refractivity contribution < 1.29 is 18.7 Å². The van der Waals surface area contributed by atoms with E-state index in [1.54, 1.807) is 13.8 Å². The van der Waals surface area contributed by atoms with Gasteiger partial charge in [0.05, 0.1) is 24.0 Å². The first-order chi connectivity index (χ1) is 13.9. The number of ether oxygens (including phenoxy) is 1. The first-order valence-corrected chi connectivity index (χ1v) is 9.03. The van der Waals surface area contributed by atoms with E-state index in [1.165, 1.54) is 30.0 Å². The number of aromatic nitrogens is 5. The van der Waals surface area contributed by atoms with E-state index >= 15 is 0 Å². The summed E-state index contributed by atoms with van der Waals surface area (Å²) in [4.78, 5) is 28.0. The Morgan fingerprint density at radius 1 is 1.31 bits per heavy atom. The van der Waals surface area contributed by atoms with Gasteiger partial charge in [-0.25, -0.2) is 9.18 Å². The van der Waals surface area contributed by atoms with Crippen molar-refractivity contribution in [1.82, 2.24) is 25.2 Å². The fourth-order valence-corrected chi connectivity index (χ4v) is 3.14. The summed E-state index contributed by atoms with van der Waals surface area (Å²) in [5.74, 6) is -1.18. The van der Waals surface area contributed by atoms with Crippen LogP contribution in [-0.2, 0) is 11.2 Å². The van der Waals surface area contributed by atoms with Gasteiger partial charge in [-0.1, -0.05) is 13.3 Å². The molecule has 0 bridgehead atoms. The van der Waals surface area contributed by atoms with Gasteiger partial charge >= 0.3 is 5.97 Å². The van der Waals surface area contributed by atoms with Crippen molar-refractivity contribution in [1.29, 1.82) is 0 Å². The van der Waals surface area contributed by atoms with Crippen molar-refractivity contribution in [2.24, 2.45) is 0 Å². The van der Waals surface area contributed by atoms with Gasteiger partial charge in [0.25, 0.3) is 5.91 Å². The summed E-state index contributed by atoms with van der Waals surface area (Å²) in [6.07, 6.45) is 1.20. The molecule has 1 aromatic carbocycles. The molecule has 0 saturated carbocycles. The Hall–Kier alpha value is -3.56. The number of hydrogen-bond donors (Lipinski definition) is 2. The minimum Gasteiger partial charge on any atom is -0.465 e. The van der Waals surface area contributed by atoms with Gasteiger partial charge in [0.2, 0.25) is 0 Å². The normalized spacial score (nSPS) is 10.8. The van der Waals surface area contributed by atoms with E-state index in [9.17, 15) is 14.0 Å². The Morgan fingerprint density at radius 3 is 2.69 bits per heavy atom.